The van der Waals surface area contributed by atoms with Crippen LogP contribution in [0, 0.1) is 0 Å². The number of nitrogens with one attached hydrogen (secondary N) is 1. The maximum absolute atomic E-state index is 12.7. The number of fused-ring (bicyclic) bond motifs is 3. The fourth-order valence-electron chi connectivity index (χ4n) is 3.62. The zero-order valence-electron chi connectivity index (χ0n) is 13.8. The van der Waals surface area contributed by atoms with Crippen LogP contribution < -0.4 is 5.32 Å². The van der Waals surface area contributed by atoms with Crippen molar-refractivity contribution in [1.82, 2.24) is 19.0 Å². The van der Waals surface area contributed by atoms with E-state index in [1.165, 1.54) is 22.9 Å². The number of carbonyl (C=O) groups excluding carboxylic acids is 3. The average molecular weight is 472 g/mol. The normalized spacial score (nSPS) is 33.8. The van der Waals surface area contributed by atoms with Crippen LogP contribution in [-0.4, -0.2) is 63.5 Å². The van der Waals surface area contributed by atoms with Crippen molar-refractivity contribution in [2.24, 2.45) is 0 Å². The van der Waals surface area contributed by atoms with Gasteiger partial charge in [-0.3, -0.25) is 9.59 Å². The molecule has 2 saturated heterocycles. The lowest BCUT2D eigenvalue weighted by Crippen LogP contribution is -2.72. The molecular formula is C14H13Cl3N4O4S2. The van der Waals surface area contributed by atoms with Crippen LogP contribution in [0.4, 0.5) is 0 Å². The molecule has 1 N–H and O–H groups in total. The molecule has 4 rings (SSSR count). The number of hydrogen-bond acceptors (Lipinski definition) is 8. The maximum atomic E-state index is 12.7. The first-order chi connectivity index (χ1) is 12.6. The highest BCUT2D eigenvalue weighted by atomic mass is 35.6. The average Bonchev–Trinajstić information content (AvgIpc) is 2.89. The minimum absolute atomic E-state index is 0.0470. The Hall–Kier alpha value is -0.810. The van der Waals surface area contributed by atoms with E-state index in [2.05, 4.69) is 14.1 Å². The van der Waals surface area contributed by atoms with E-state index >= 15 is 0 Å². The highest BCUT2D eigenvalue weighted by Gasteiger charge is 2.85. The van der Waals surface area contributed by atoms with Crippen LogP contribution in [0.2, 0.25) is 0 Å². The Kier molecular flexibility index (Phi) is 4.59. The van der Waals surface area contributed by atoms with Gasteiger partial charge in [-0.05, 0) is 6.92 Å². The maximum Gasteiger partial charge on any atom is 0.333 e. The van der Waals surface area contributed by atoms with E-state index in [-0.39, 0.29) is 23.6 Å². The molecule has 4 atom stereocenters. The van der Waals surface area contributed by atoms with Crippen LogP contribution in [0.1, 0.15) is 19.0 Å². The minimum Gasteiger partial charge on any atom is -0.459 e. The van der Waals surface area contributed by atoms with Gasteiger partial charge >= 0.3 is 5.97 Å². The molecule has 1 saturated carbocycles. The third-order valence-electron chi connectivity index (χ3n) is 4.95. The first kappa shape index (κ1) is 19.5. The number of esters is 1. The third kappa shape index (κ3) is 3.09. The van der Waals surface area contributed by atoms with Crippen LogP contribution in [-0.2, 0) is 25.5 Å². The van der Waals surface area contributed by atoms with Crippen molar-refractivity contribution < 1.29 is 19.1 Å². The van der Waals surface area contributed by atoms with Gasteiger partial charge in [0.1, 0.15) is 18.0 Å². The second-order valence-electron chi connectivity index (χ2n) is 6.80. The van der Waals surface area contributed by atoms with E-state index in [0.717, 1.165) is 11.7 Å². The van der Waals surface area contributed by atoms with Gasteiger partial charge in [0, 0.05) is 6.42 Å². The first-order valence-electron chi connectivity index (χ1n) is 7.88. The van der Waals surface area contributed by atoms with Crippen molar-refractivity contribution in [3.8, 4) is 0 Å². The highest BCUT2D eigenvalue weighted by Crippen LogP contribution is 2.72. The van der Waals surface area contributed by atoms with Crippen LogP contribution in [0.3, 0.4) is 0 Å². The Labute approximate surface area is 177 Å². The number of nitrogens with zero attached hydrogens (tertiary/aromatic N) is 3. The predicted molar refractivity (Wildman–Crippen MR) is 101 cm³/mol. The summed E-state index contributed by atoms with van der Waals surface area (Å²) in [4.78, 5) is 38.9. The second-order valence-corrected chi connectivity index (χ2v) is 11.5. The molecule has 27 heavy (non-hydrogen) atoms. The van der Waals surface area contributed by atoms with Crippen molar-refractivity contribution in [1.29, 1.82) is 0 Å². The summed E-state index contributed by atoms with van der Waals surface area (Å²) in [5.74, 6) is -1.22. The van der Waals surface area contributed by atoms with E-state index in [0.29, 0.717) is 12.1 Å². The molecule has 1 aromatic rings. The summed E-state index contributed by atoms with van der Waals surface area (Å²) < 4.78 is 10.8. The van der Waals surface area contributed by atoms with Crippen molar-refractivity contribution in [2.75, 3.05) is 6.61 Å². The lowest BCUT2D eigenvalue weighted by atomic mass is 10.0. The Morgan fingerprint density at radius 2 is 2.22 bits per heavy atom. The molecule has 0 spiro atoms. The zero-order chi connectivity index (χ0) is 19.6. The van der Waals surface area contributed by atoms with Crippen molar-refractivity contribution >= 4 is 76.1 Å². The topological polar surface area (TPSA) is 101 Å². The summed E-state index contributed by atoms with van der Waals surface area (Å²) in [5, 5.41) is 2.39. The molecule has 146 valence electrons. The van der Waals surface area contributed by atoms with E-state index in [1.807, 2.05) is 6.92 Å². The van der Waals surface area contributed by atoms with Gasteiger partial charge in [0.25, 0.3) is 0 Å². The second kappa shape index (κ2) is 6.35. The molecule has 3 unspecified atom stereocenters. The zero-order valence-corrected chi connectivity index (χ0v) is 17.7. The standard InChI is InChI=1S/C14H13Cl3N4O4S2/c1-12-4-13(12,11(24)25-5-14(15,16)17)21-9(23)8(10(21)26-12)19-7(22)2-6-3-18-27-20-6/h3,8,10H,2,4-5H2,1H3,(H,19,22)/t8?,10-,12?,13?/m1/s1. The van der Waals surface area contributed by atoms with Gasteiger partial charge in [0.15, 0.2) is 5.54 Å². The van der Waals surface area contributed by atoms with Gasteiger partial charge in [-0.2, -0.15) is 8.75 Å². The predicted octanol–water partition coefficient (Wildman–Crippen LogP) is 1.30. The molecule has 2 aliphatic heterocycles. The minimum atomic E-state index is -1.72. The Bertz CT molecular complexity index is 820. The van der Waals surface area contributed by atoms with Crippen molar-refractivity contribution in [3.63, 3.8) is 0 Å². The molecule has 1 aromatic heterocycles. The molecule has 3 fully saturated rings. The van der Waals surface area contributed by atoms with Crippen LogP contribution in [0.15, 0.2) is 6.20 Å². The molecule has 0 aromatic carbocycles. The van der Waals surface area contributed by atoms with Gasteiger partial charge in [-0.25, -0.2) is 4.79 Å². The third-order valence-corrected chi connectivity index (χ3v) is 7.52. The summed E-state index contributed by atoms with van der Waals surface area (Å²) in [6.07, 6.45) is 2.03. The molecule has 13 heteroatoms. The largest absolute Gasteiger partial charge is 0.459 e. The Balaban J connectivity index is 1.42. The molecule has 3 aliphatic rings. The molecule has 0 radical (unpaired) electrons. The van der Waals surface area contributed by atoms with Crippen LogP contribution in [0.25, 0.3) is 0 Å². The summed E-state index contributed by atoms with van der Waals surface area (Å²) >= 11 is 19.4. The summed E-state index contributed by atoms with van der Waals surface area (Å²) in [6, 6.07) is -0.684. The number of carbonyl (C=O) groups is 3. The lowest BCUT2D eigenvalue weighted by Gasteiger charge is -2.46. The smallest absolute Gasteiger partial charge is 0.333 e. The number of halogens is 3. The molecular weight excluding hydrogens is 459 g/mol. The van der Waals surface area contributed by atoms with E-state index < -0.39 is 32.7 Å². The SMILES string of the molecule is CC12CC1(C(=O)OCC(Cl)(Cl)Cl)N1C(=O)C(NC(=O)Cc3cnsn3)[C@H]1S2. The van der Waals surface area contributed by atoms with Gasteiger partial charge in [-0.1, -0.05) is 34.8 Å². The van der Waals surface area contributed by atoms with Gasteiger partial charge in [-0.15, -0.1) is 11.8 Å². The van der Waals surface area contributed by atoms with Crippen molar-refractivity contribution in [2.45, 2.75) is 45.3 Å². The van der Waals surface area contributed by atoms with E-state index in [4.69, 9.17) is 39.5 Å². The monoisotopic (exact) mass is 470 g/mol. The molecule has 0 bridgehead atoms. The number of ether oxygens (including phenoxy) is 1. The molecule has 8 nitrogen and oxygen atoms in total. The fraction of sp³-hybridized carbons (Fsp3) is 0.643. The highest BCUT2D eigenvalue weighted by molar-refractivity contribution is 8.02. The number of alkyl halides is 3. The van der Waals surface area contributed by atoms with Gasteiger partial charge in [0.05, 0.1) is 34.8 Å². The quantitative estimate of drug-likeness (QED) is 0.392. The van der Waals surface area contributed by atoms with Gasteiger partial charge in [0.2, 0.25) is 15.6 Å². The van der Waals surface area contributed by atoms with E-state index in [1.54, 1.807) is 0 Å². The summed E-state index contributed by atoms with van der Waals surface area (Å²) in [5.41, 5.74) is -0.517. The Morgan fingerprint density at radius 1 is 1.48 bits per heavy atom. The van der Waals surface area contributed by atoms with Crippen LogP contribution >= 0.6 is 58.3 Å². The first-order valence-corrected chi connectivity index (χ1v) is 10.6. The van der Waals surface area contributed by atoms with Gasteiger partial charge < -0.3 is 15.0 Å². The number of thioether (sulfide) groups is 1. The number of rotatable bonds is 5. The van der Waals surface area contributed by atoms with E-state index in [9.17, 15) is 14.4 Å². The van der Waals surface area contributed by atoms with Crippen molar-refractivity contribution in [3.05, 3.63) is 11.9 Å². The lowest BCUT2D eigenvalue weighted by molar-refractivity contribution is -0.166. The number of amides is 2. The van der Waals surface area contributed by atoms with Crippen LogP contribution in [0.5, 0.6) is 0 Å². The summed E-state index contributed by atoms with van der Waals surface area (Å²) in [7, 11) is 0. The summed E-state index contributed by atoms with van der Waals surface area (Å²) in [6.45, 7) is 1.49. The fourth-order valence-corrected chi connectivity index (χ4v) is 6.12. The molecule has 3 heterocycles. The number of β-lactam (4-membered cyclic amide) rings is 1. The molecule has 1 aliphatic carbocycles. The number of hydrogen-bond donors (Lipinski definition) is 1. The molecule has 2 amide bonds. The Morgan fingerprint density at radius 3 is 2.85 bits per heavy atom. The number of aromatic nitrogens is 2.